The molecule has 36 heavy (non-hydrogen) atoms. The number of thiophene rings is 1. The maximum atomic E-state index is 12.4. The third-order valence-electron chi connectivity index (χ3n) is 5.68. The van der Waals surface area contributed by atoms with Gasteiger partial charge in [0.2, 0.25) is 5.88 Å². The lowest BCUT2D eigenvalue weighted by Crippen LogP contribution is -2.50. The van der Waals surface area contributed by atoms with E-state index in [0.717, 1.165) is 34.5 Å². The van der Waals surface area contributed by atoms with Gasteiger partial charge in [-0.05, 0) is 66.5 Å². The molecule has 10 heteroatoms. The van der Waals surface area contributed by atoms with Crippen LogP contribution >= 0.6 is 11.3 Å². The molecule has 0 bridgehead atoms. The summed E-state index contributed by atoms with van der Waals surface area (Å²) >= 11 is 1.60. The minimum Gasteiger partial charge on any atom is -0.478 e. The number of ketones is 1. The zero-order chi connectivity index (χ0) is 26.3. The summed E-state index contributed by atoms with van der Waals surface area (Å²) in [6, 6.07) is 12.5. The molecule has 4 rings (SSSR count). The summed E-state index contributed by atoms with van der Waals surface area (Å²) in [4.78, 5) is 29.0. The van der Waals surface area contributed by atoms with Crippen molar-refractivity contribution in [2.45, 2.75) is 37.8 Å². The van der Waals surface area contributed by atoms with Crippen molar-refractivity contribution in [3.05, 3.63) is 70.1 Å². The fourth-order valence-electron chi connectivity index (χ4n) is 3.31. The Hall–Kier alpha value is -3.15. The summed E-state index contributed by atoms with van der Waals surface area (Å²) < 4.78 is 5.97. The summed E-state index contributed by atoms with van der Waals surface area (Å²) in [5.41, 5.74) is 7.37. The number of hydrogen-bond donors (Lipinski definition) is 5. The van der Waals surface area contributed by atoms with Gasteiger partial charge in [-0.3, -0.25) is 4.79 Å². The van der Waals surface area contributed by atoms with E-state index in [-0.39, 0.29) is 18.0 Å². The second kappa shape index (κ2) is 12.2. The van der Waals surface area contributed by atoms with E-state index in [9.17, 15) is 9.59 Å². The van der Waals surface area contributed by atoms with Gasteiger partial charge in [0.25, 0.3) is 0 Å². The zero-order valence-corrected chi connectivity index (χ0v) is 20.7. The number of aromatic nitrogens is 1. The normalized spacial score (nSPS) is 13.0. The van der Waals surface area contributed by atoms with Gasteiger partial charge in [0.05, 0.1) is 47.1 Å². The highest BCUT2D eigenvalue weighted by Crippen LogP contribution is 2.45. The minimum atomic E-state index is -1.21. The third-order valence-corrected chi connectivity index (χ3v) is 6.57. The van der Waals surface area contributed by atoms with Crippen LogP contribution in [0.1, 0.15) is 57.5 Å². The molecule has 0 atom stereocenters. The van der Waals surface area contributed by atoms with Crippen LogP contribution in [0.25, 0.3) is 10.6 Å². The van der Waals surface area contributed by atoms with Crippen LogP contribution in [-0.2, 0) is 6.61 Å². The Kier molecular flexibility index (Phi) is 9.30. The number of ether oxygens (including phenoxy) is 1. The molecule has 0 unspecified atom stereocenters. The molecular formula is C26H30N2O7S. The molecule has 1 saturated carbocycles. The average molecular weight is 515 g/mol. The van der Waals surface area contributed by atoms with Crippen LogP contribution in [-0.4, -0.2) is 62.5 Å². The van der Waals surface area contributed by atoms with Crippen LogP contribution in [0.5, 0.6) is 5.88 Å². The number of pyridine rings is 1. The molecule has 0 aliphatic heterocycles. The summed E-state index contributed by atoms with van der Waals surface area (Å²) in [5.74, 6) is -0.283. The Morgan fingerprint density at radius 3 is 2.19 bits per heavy atom. The topological polar surface area (TPSA) is 163 Å². The number of carboxylic acids is 1. The number of carbonyl (C=O) groups is 2. The Bertz CT molecular complexity index is 1160. The molecule has 3 aromatic rings. The van der Waals surface area contributed by atoms with Crippen LogP contribution in [0.15, 0.2) is 47.8 Å². The molecule has 2 aromatic heterocycles. The molecule has 9 nitrogen and oxygen atoms in total. The quantitative estimate of drug-likeness (QED) is 0.256. The van der Waals surface area contributed by atoms with Crippen molar-refractivity contribution in [1.29, 1.82) is 0 Å². The first-order valence-corrected chi connectivity index (χ1v) is 12.3. The molecule has 1 aliphatic rings. The molecule has 1 aliphatic carbocycles. The lowest BCUT2D eigenvalue weighted by Gasteiger charge is -2.20. The summed E-state index contributed by atoms with van der Waals surface area (Å²) in [6.45, 7) is 0.549. The standard InChI is InChI=1S/C22H19NO4S.C4H11NO3/c1-13(24)20-17(15-8-9-15)11-18(19-3-2-10-28-19)23-21(20)27-12-14-4-6-16(7-5-14)22(25)26;5-4(1-6,2-7)3-8/h2-7,10-11,15H,8-9,12H2,1H3,(H,25,26);6-8H,1-3,5H2. The number of aliphatic hydroxyl groups excluding tert-OH is 3. The van der Waals surface area contributed by atoms with Crippen LogP contribution in [0.2, 0.25) is 0 Å². The van der Waals surface area contributed by atoms with E-state index in [1.807, 2.05) is 23.6 Å². The zero-order valence-electron chi connectivity index (χ0n) is 19.9. The van der Waals surface area contributed by atoms with Gasteiger partial charge in [-0.2, -0.15) is 0 Å². The first-order chi connectivity index (χ1) is 17.2. The molecule has 192 valence electrons. The number of carbonyl (C=O) groups excluding carboxylic acids is 1. The molecule has 0 amide bonds. The highest BCUT2D eigenvalue weighted by molar-refractivity contribution is 7.13. The second-order valence-corrected chi connectivity index (χ2v) is 9.66. The highest BCUT2D eigenvalue weighted by Gasteiger charge is 2.31. The van der Waals surface area contributed by atoms with E-state index in [1.54, 1.807) is 30.4 Å². The van der Waals surface area contributed by atoms with E-state index >= 15 is 0 Å². The number of benzene rings is 1. The van der Waals surface area contributed by atoms with Crippen LogP contribution < -0.4 is 10.5 Å². The molecular weight excluding hydrogens is 484 g/mol. The van der Waals surface area contributed by atoms with Crippen molar-refractivity contribution in [1.82, 2.24) is 4.98 Å². The minimum absolute atomic E-state index is 0.0524. The smallest absolute Gasteiger partial charge is 0.335 e. The van der Waals surface area contributed by atoms with Crippen molar-refractivity contribution in [3.63, 3.8) is 0 Å². The molecule has 2 heterocycles. The van der Waals surface area contributed by atoms with Gasteiger partial charge in [0, 0.05) is 0 Å². The number of Topliss-reactive ketones (excluding diaryl/α,β-unsaturated/α-hetero) is 1. The van der Waals surface area contributed by atoms with Gasteiger partial charge in [-0.15, -0.1) is 11.3 Å². The van der Waals surface area contributed by atoms with E-state index in [2.05, 4.69) is 4.98 Å². The number of hydrogen-bond acceptors (Lipinski definition) is 9. The van der Waals surface area contributed by atoms with Crippen molar-refractivity contribution in [2.24, 2.45) is 5.73 Å². The SMILES string of the molecule is CC(=O)c1c(C2CC2)cc(-c2cccs2)nc1OCc1ccc(C(=O)O)cc1.NC(CO)(CO)CO. The number of aliphatic hydroxyl groups is 3. The Balaban J connectivity index is 0.000000392. The van der Waals surface area contributed by atoms with Crippen LogP contribution in [0.4, 0.5) is 0 Å². The van der Waals surface area contributed by atoms with Crippen LogP contribution in [0, 0.1) is 0 Å². The van der Waals surface area contributed by atoms with Crippen LogP contribution in [0.3, 0.4) is 0 Å². The summed E-state index contributed by atoms with van der Waals surface area (Å²) in [6.07, 6.45) is 2.15. The van der Waals surface area contributed by atoms with Gasteiger partial charge < -0.3 is 30.9 Å². The molecule has 0 saturated heterocycles. The number of carboxylic acid groups (broad SMARTS) is 1. The first-order valence-electron chi connectivity index (χ1n) is 11.4. The average Bonchev–Trinajstić information content (AvgIpc) is 3.60. The molecule has 1 fully saturated rings. The lowest BCUT2D eigenvalue weighted by molar-refractivity contribution is 0.0691. The Morgan fingerprint density at radius 1 is 1.11 bits per heavy atom. The van der Waals surface area contributed by atoms with E-state index in [0.29, 0.717) is 17.4 Å². The van der Waals surface area contributed by atoms with E-state index in [4.69, 9.17) is 30.9 Å². The predicted molar refractivity (Wildman–Crippen MR) is 135 cm³/mol. The summed E-state index contributed by atoms with van der Waals surface area (Å²) in [7, 11) is 0. The third kappa shape index (κ3) is 6.96. The van der Waals surface area contributed by atoms with Crippen molar-refractivity contribution >= 4 is 23.1 Å². The number of nitrogens with zero attached hydrogens (tertiary/aromatic N) is 1. The van der Waals surface area contributed by atoms with Gasteiger partial charge in [0.1, 0.15) is 6.61 Å². The largest absolute Gasteiger partial charge is 0.478 e. The fraction of sp³-hybridized carbons (Fsp3) is 0.346. The molecule has 1 aromatic carbocycles. The number of nitrogens with two attached hydrogens (primary N) is 1. The lowest BCUT2D eigenvalue weighted by atomic mass is 10.0. The highest BCUT2D eigenvalue weighted by atomic mass is 32.1. The Morgan fingerprint density at radius 2 is 1.75 bits per heavy atom. The second-order valence-electron chi connectivity index (χ2n) is 8.71. The van der Waals surface area contributed by atoms with Gasteiger partial charge in [-0.1, -0.05) is 18.2 Å². The van der Waals surface area contributed by atoms with Gasteiger partial charge >= 0.3 is 5.97 Å². The molecule has 6 N–H and O–H groups in total. The number of rotatable bonds is 10. The fourth-order valence-corrected chi connectivity index (χ4v) is 4.00. The monoisotopic (exact) mass is 514 g/mol. The maximum absolute atomic E-state index is 12.4. The molecule has 0 spiro atoms. The summed E-state index contributed by atoms with van der Waals surface area (Å²) in [5, 5.41) is 36.0. The van der Waals surface area contributed by atoms with E-state index < -0.39 is 31.3 Å². The first kappa shape index (κ1) is 27.4. The van der Waals surface area contributed by atoms with Gasteiger partial charge in [-0.25, -0.2) is 9.78 Å². The van der Waals surface area contributed by atoms with E-state index in [1.165, 1.54) is 12.1 Å². The molecule has 0 radical (unpaired) electrons. The van der Waals surface area contributed by atoms with Crippen molar-refractivity contribution in [3.8, 4) is 16.5 Å². The number of aromatic carboxylic acids is 1. The predicted octanol–water partition coefficient (Wildman–Crippen LogP) is 2.83. The van der Waals surface area contributed by atoms with Crippen molar-refractivity contribution in [2.75, 3.05) is 19.8 Å². The van der Waals surface area contributed by atoms with Crippen molar-refractivity contribution < 1.29 is 34.8 Å². The maximum Gasteiger partial charge on any atom is 0.335 e. The van der Waals surface area contributed by atoms with Gasteiger partial charge in [0.15, 0.2) is 5.78 Å². The Labute approximate surface area is 212 Å².